The fourth-order valence-corrected chi connectivity index (χ4v) is 1.39. The Morgan fingerprint density at radius 3 is 2.62 bits per heavy atom. The van der Waals surface area contributed by atoms with E-state index in [2.05, 4.69) is 0 Å². The van der Waals surface area contributed by atoms with Crippen LogP contribution in [0.1, 0.15) is 6.42 Å². The molecule has 0 saturated heterocycles. The van der Waals surface area contributed by atoms with Crippen LogP contribution in [0.3, 0.4) is 0 Å². The molecule has 3 atom stereocenters. The van der Waals surface area contributed by atoms with Crippen LogP contribution in [-0.2, 0) is 9.53 Å². The second kappa shape index (κ2) is 3.87. The average molecular weight is 188 g/mol. The van der Waals surface area contributed by atoms with E-state index in [0.717, 1.165) is 0 Å². The van der Waals surface area contributed by atoms with Gasteiger partial charge in [0.25, 0.3) is 0 Å². The van der Waals surface area contributed by atoms with Gasteiger partial charge in [0.1, 0.15) is 12.2 Å². The van der Waals surface area contributed by atoms with E-state index in [1.165, 1.54) is 13.2 Å². The Balaban J connectivity index is 2.81. The van der Waals surface area contributed by atoms with Crippen molar-refractivity contribution >= 4 is 5.97 Å². The largest absolute Gasteiger partial charge is 0.478 e. The summed E-state index contributed by atoms with van der Waals surface area (Å²) in [6, 6.07) is 0. The van der Waals surface area contributed by atoms with Crippen LogP contribution in [0.4, 0.5) is 0 Å². The first-order valence-corrected chi connectivity index (χ1v) is 3.89. The van der Waals surface area contributed by atoms with Gasteiger partial charge in [-0.15, -0.1) is 0 Å². The number of carboxylic acid groups (broad SMARTS) is 1. The Morgan fingerprint density at radius 1 is 1.62 bits per heavy atom. The third-order valence-electron chi connectivity index (χ3n) is 2.06. The first-order chi connectivity index (χ1) is 6.06. The first kappa shape index (κ1) is 10.2. The summed E-state index contributed by atoms with van der Waals surface area (Å²) in [7, 11) is 1.36. The molecule has 0 radical (unpaired) electrons. The Bertz CT molecular complexity index is 235. The van der Waals surface area contributed by atoms with Gasteiger partial charge in [-0.05, 0) is 6.08 Å². The van der Waals surface area contributed by atoms with Crippen molar-refractivity contribution in [3.63, 3.8) is 0 Å². The maximum absolute atomic E-state index is 10.5. The SMILES string of the molecule is COC1C(O)C=C(C(=O)O)CC1O. The Hall–Kier alpha value is -0.910. The van der Waals surface area contributed by atoms with Crippen molar-refractivity contribution in [2.45, 2.75) is 24.7 Å². The number of aliphatic hydroxyl groups is 2. The Labute approximate surface area is 75.3 Å². The molecule has 74 valence electrons. The van der Waals surface area contributed by atoms with E-state index in [-0.39, 0.29) is 12.0 Å². The van der Waals surface area contributed by atoms with Crippen LogP contribution in [0.2, 0.25) is 0 Å². The molecule has 0 amide bonds. The number of aliphatic hydroxyl groups excluding tert-OH is 2. The smallest absolute Gasteiger partial charge is 0.331 e. The summed E-state index contributed by atoms with van der Waals surface area (Å²) < 4.78 is 4.81. The van der Waals surface area contributed by atoms with Gasteiger partial charge in [0.15, 0.2) is 0 Å². The van der Waals surface area contributed by atoms with Gasteiger partial charge in [-0.25, -0.2) is 4.79 Å². The molecule has 1 aliphatic rings. The zero-order chi connectivity index (χ0) is 10.0. The quantitative estimate of drug-likeness (QED) is 0.524. The molecular weight excluding hydrogens is 176 g/mol. The minimum absolute atomic E-state index is 0.00486. The molecule has 0 fully saturated rings. The van der Waals surface area contributed by atoms with Gasteiger partial charge in [-0.2, -0.15) is 0 Å². The van der Waals surface area contributed by atoms with Crippen molar-refractivity contribution in [3.8, 4) is 0 Å². The highest BCUT2D eigenvalue weighted by Gasteiger charge is 2.32. The Kier molecular flexibility index (Phi) is 3.02. The normalized spacial score (nSPS) is 34.1. The predicted molar refractivity (Wildman–Crippen MR) is 43.1 cm³/mol. The summed E-state index contributed by atoms with van der Waals surface area (Å²) in [6.45, 7) is 0. The molecule has 0 bridgehead atoms. The van der Waals surface area contributed by atoms with Gasteiger partial charge >= 0.3 is 5.97 Å². The number of aliphatic carboxylic acids is 1. The van der Waals surface area contributed by atoms with Gasteiger partial charge in [-0.1, -0.05) is 0 Å². The number of methoxy groups -OCH3 is 1. The summed E-state index contributed by atoms with van der Waals surface area (Å²) in [5.74, 6) is -1.12. The standard InChI is InChI=1S/C8H12O5/c1-13-7-5(9)2-4(8(11)12)3-6(7)10/h2,5-7,9-10H,3H2,1H3,(H,11,12). The second-order valence-corrected chi connectivity index (χ2v) is 2.96. The maximum Gasteiger partial charge on any atom is 0.331 e. The van der Waals surface area contributed by atoms with Crippen LogP contribution in [0, 0.1) is 0 Å². The molecule has 13 heavy (non-hydrogen) atoms. The van der Waals surface area contributed by atoms with Crippen LogP contribution in [0.15, 0.2) is 11.6 Å². The van der Waals surface area contributed by atoms with E-state index < -0.39 is 24.3 Å². The fraction of sp³-hybridized carbons (Fsp3) is 0.625. The number of ether oxygens (including phenoxy) is 1. The van der Waals surface area contributed by atoms with E-state index in [0.29, 0.717) is 0 Å². The highest BCUT2D eigenvalue weighted by Crippen LogP contribution is 2.21. The first-order valence-electron chi connectivity index (χ1n) is 3.89. The van der Waals surface area contributed by atoms with Crippen LogP contribution in [0.5, 0.6) is 0 Å². The molecule has 5 heteroatoms. The average Bonchev–Trinajstić information content (AvgIpc) is 2.03. The summed E-state index contributed by atoms with van der Waals surface area (Å²) in [5, 5.41) is 27.3. The number of rotatable bonds is 2. The minimum atomic E-state index is -1.12. The van der Waals surface area contributed by atoms with Crippen molar-refractivity contribution in [3.05, 3.63) is 11.6 Å². The molecular formula is C8H12O5. The lowest BCUT2D eigenvalue weighted by atomic mass is 9.92. The lowest BCUT2D eigenvalue weighted by Gasteiger charge is -2.29. The van der Waals surface area contributed by atoms with Crippen molar-refractivity contribution in [2.75, 3.05) is 7.11 Å². The summed E-state index contributed by atoms with van der Waals surface area (Å²) >= 11 is 0. The molecule has 3 N–H and O–H groups in total. The van der Waals surface area contributed by atoms with Crippen molar-refractivity contribution < 1.29 is 24.9 Å². The topological polar surface area (TPSA) is 87.0 Å². The lowest BCUT2D eigenvalue weighted by molar-refractivity contribution is -0.134. The van der Waals surface area contributed by atoms with Gasteiger partial charge < -0.3 is 20.1 Å². The number of hydrogen-bond donors (Lipinski definition) is 3. The summed E-state index contributed by atoms with van der Waals surface area (Å²) in [5.41, 5.74) is 0.0216. The van der Waals surface area contributed by atoms with E-state index in [1.54, 1.807) is 0 Å². The molecule has 0 heterocycles. The third-order valence-corrected chi connectivity index (χ3v) is 2.06. The van der Waals surface area contributed by atoms with Crippen LogP contribution in [-0.4, -0.2) is 46.7 Å². The zero-order valence-corrected chi connectivity index (χ0v) is 7.17. The molecule has 1 rings (SSSR count). The van der Waals surface area contributed by atoms with E-state index in [1.807, 2.05) is 0 Å². The molecule has 1 aliphatic carbocycles. The second-order valence-electron chi connectivity index (χ2n) is 2.96. The monoisotopic (exact) mass is 188 g/mol. The van der Waals surface area contributed by atoms with Crippen LogP contribution < -0.4 is 0 Å². The molecule has 0 aromatic heterocycles. The third kappa shape index (κ3) is 2.06. The van der Waals surface area contributed by atoms with Gasteiger partial charge in [0.05, 0.1) is 6.10 Å². The van der Waals surface area contributed by atoms with Crippen LogP contribution >= 0.6 is 0 Å². The Morgan fingerprint density at radius 2 is 2.23 bits per heavy atom. The predicted octanol–water partition coefficient (Wildman–Crippen LogP) is -0.862. The van der Waals surface area contributed by atoms with Crippen LogP contribution in [0.25, 0.3) is 0 Å². The molecule has 3 unspecified atom stereocenters. The van der Waals surface area contributed by atoms with E-state index in [9.17, 15) is 15.0 Å². The molecule has 0 aliphatic heterocycles. The fourth-order valence-electron chi connectivity index (χ4n) is 1.39. The minimum Gasteiger partial charge on any atom is -0.478 e. The highest BCUT2D eigenvalue weighted by atomic mass is 16.5. The van der Waals surface area contributed by atoms with Gasteiger partial charge in [0.2, 0.25) is 0 Å². The van der Waals surface area contributed by atoms with Gasteiger partial charge in [-0.3, -0.25) is 0 Å². The molecule has 0 aromatic rings. The zero-order valence-electron chi connectivity index (χ0n) is 7.17. The molecule has 0 spiro atoms. The lowest BCUT2D eigenvalue weighted by Crippen LogP contribution is -2.42. The molecule has 0 aromatic carbocycles. The van der Waals surface area contributed by atoms with Crippen molar-refractivity contribution in [1.29, 1.82) is 0 Å². The highest BCUT2D eigenvalue weighted by molar-refractivity contribution is 5.87. The van der Waals surface area contributed by atoms with Gasteiger partial charge in [0, 0.05) is 19.1 Å². The molecule has 0 saturated carbocycles. The summed E-state index contributed by atoms with van der Waals surface area (Å²) in [4.78, 5) is 10.5. The van der Waals surface area contributed by atoms with Crippen molar-refractivity contribution in [2.24, 2.45) is 0 Å². The van der Waals surface area contributed by atoms with E-state index in [4.69, 9.17) is 9.84 Å². The molecule has 5 nitrogen and oxygen atoms in total. The maximum atomic E-state index is 10.5. The number of carboxylic acids is 1. The van der Waals surface area contributed by atoms with Crippen molar-refractivity contribution in [1.82, 2.24) is 0 Å². The summed E-state index contributed by atoms with van der Waals surface area (Å²) in [6.07, 6.45) is -1.55. The number of carbonyl (C=O) groups is 1. The van der Waals surface area contributed by atoms with E-state index >= 15 is 0 Å². The number of hydrogen-bond acceptors (Lipinski definition) is 4.